The number of nitrogens with zero attached hydrogens (tertiary/aromatic N) is 4. The maximum absolute atomic E-state index is 10.8. The van der Waals surface area contributed by atoms with E-state index in [4.69, 9.17) is 0 Å². The van der Waals surface area contributed by atoms with Crippen LogP contribution >= 0.6 is 0 Å². The molecule has 0 unspecified atom stereocenters. The van der Waals surface area contributed by atoms with Gasteiger partial charge in [0, 0.05) is 54.6 Å². The van der Waals surface area contributed by atoms with Crippen molar-refractivity contribution in [2.75, 3.05) is 7.05 Å². The lowest BCUT2D eigenvalue weighted by Crippen LogP contribution is -2.12. The summed E-state index contributed by atoms with van der Waals surface area (Å²) >= 11 is 0. The van der Waals surface area contributed by atoms with Gasteiger partial charge in [0.15, 0.2) is 0 Å². The first-order valence-corrected chi connectivity index (χ1v) is 6.94. The van der Waals surface area contributed by atoms with Gasteiger partial charge in [-0.15, -0.1) is 0 Å². The zero-order valence-corrected chi connectivity index (χ0v) is 12.5. The van der Waals surface area contributed by atoms with E-state index in [-0.39, 0.29) is 5.69 Å². The van der Waals surface area contributed by atoms with Crippen LogP contribution in [-0.4, -0.2) is 26.8 Å². The Labute approximate surface area is 133 Å². The largest absolute Gasteiger partial charge is 0.351 e. The Hall–Kier alpha value is -3.28. The van der Waals surface area contributed by atoms with Gasteiger partial charge in [0.2, 0.25) is 0 Å². The molecule has 0 saturated heterocycles. The van der Waals surface area contributed by atoms with Gasteiger partial charge < -0.3 is 4.90 Å². The number of likely N-dealkylation sites (N-methyl/N-ethyl adjacent to an activating group) is 1. The summed E-state index contributed by atoms with van der Waals surface area (Å²) in [6.07, 6.45) is 9.00. The number of nitro benzene ring substituents is 1. The van der Waals surface area contributed by atoms with Crippen LogP contribution in [-0.2, 0) is 0 Å². The topological polar surface area (TPSA) is 72.2 Å². The summed E-state index contributed by atoms with van der Waals surface area (Å²) in [5.41, 5.74) is 4.01. The molecule has 1 aliphatic rings. The van der Waals surface area contributed by atoms with Gasteiger partial charge in [-0.1, -0.05) is 6.58 Å². The first kappa shape index (κ1) is 14.6. The van der Waals surface area contributed by atoms with E-state index in [0.717, 1.165) is 22.5 Å². The van der Waals surface area contributed by atoms with Crippen molar-refractivity contribution in [1.29, 1.82) is 0 Å². The smallest absolute Gasteiger partial charge is 0.269 e. The van der Waals surface area contributed by atoms with Gasteiger partial charge in [-0.3, -0.25) is 20.1 Å². The van der Waals surface area contributed by atoms with Crippen molar-refractivity contribution in [3.63, 3.8) is 0 Å². The molecule has 0 bridgehead atoms. The molecule has 6 nitrogen and oxygen atoms in total. The second kappa shape index (κ2) is 5.84. The van der Waals surface area contributed by atoms with Gasteiger partial charge in [-0.25, -0.2) is 0 Å². The summed E-state index contributed by atoms with van der Waals surface area (Å²) in [4.78, 5) is 21.1. The van der Waals surface area contributed by atoms with Gasteiger partial charge in [0.25, 0.3) is 5.69 Å². The van der Waals surface area contributed by atoms with E-state index in [1.807, 2.05) is 30.3 Å². The van der Waals surface area contributed by atoms with Crippen molar-refractivity contribution in [3.05, 3.63) is 83.1 Å². The Kier molecular flexibility index (Phi) is 3.72. The molecule has 2 heterocycles. The molecule has 1 aromatic heterocycles. The molecule has 0 atom stereocenters. The summed E-state index contributed by atoms with van der Waals surface area (Å²) in [7, 11) is 1.91. The van der Waals surface area contributed by atoms with Crippen LogP contribution in [0.15, 0.2) is 67.3 Å². The fourth-order valence-electron chi connectivity index (χ4n) is 2.28. The first-order chi connectivity index (χ1) is 11.1. The maximum Gasteiger partial charge on any atom is 0.269 e. The minimum absolute atomic E-state index is 0.0481. The number of nitro groups is 1. The second-order valence-corrected chi connectivity index (χ2v) is 5.08. The van der Waals surface area contributed by atoms with Crippen LogP contribution in [0.3, 0.4) is 0 Å². The lowest BCUT2D eigenvalue weighted by molar-refractivity contribution is -0.384. The van der Waals surface area contributed by atoms with Gasteiger partial charge in [-0.05, 0) is 24.3 Å². The Morgan fingerprint density at radius 1 is 1.09 bits per heavy atom. The van der Waals surface area contributed by atoms with Crippen molar-refractivity contribution in [2.24, 2.45) is 0 Å². The Balaban J connectivity index is 2.05. The summed E-state index contributed by atoms with van der Waals surface area (Å²) in [6.45, 7) is 3.92. The van der Waals surface area contributed by atoms with Crippen LogP contribution in [0.25, 0.3) is 16.8 Å². The van der Waals surface area contributed by atoms with E-state index in [2.05, 4.69) is 16.5 Å². The standard InChI is InChI=1S/C17H14N4O2/c1-12-3-4-14(11-20(12)2)17-16(18-9-10-19-17)13-5-7-15(8-6-13)21(22)23/h3-11H,1H2,2H3. The number of allylic oxidation sites excluding steroid dienone is 3. The minimum Gasteiger partial charge on any atom is -0.351 e. The third-order valence-electron chi connectivity index (χ3n) is 3.56. The van der Waals surface area contributed by atoms with E-state index in [1.54, 1.807) is 24.5 Å². The molecule has 0 aliphatic carbocycles. The Bertz CT molecular complexity index is 838. The molecule has 0 fully saturated rings. The van der Waals surface area contributed by atoms with Gasteiger partial charge in [0.1, 0.15) is 0 Å². The molecule has 2 aromatic rings. The molecule has 23 heavy (non-hydrogen) atoms. The Morgan fingerprint density at radius 2 is 1.74 bits per heavy atom. The van der Waals surface area contributed by atoms with Crippen LogP contribution in [0.2, 0.25) is 0 Å². The molecule has 0 amide bonds. The van der Waals surface area contributed by atoms with Gasteiger partial charge >= 0.3 is 0 Å². The van der Waals surface area contributed by atoms with Crippen molar-refractivity contribution in [2.45, 2.75) is 0 Å². The second-order valence-electron chi connectivity index (χ2n) is 5.08. The molecule has 1 aliphatic heterocycles. The van der Waals surface area contributed by atoms with Crippen LogP contribution in [0.4, 0.5) is 5.69 Å². The number of non-ortho nitro benzene ring substituents is 1. The predicted octanol–water partition coefficient (Wildman–Crippen LogP) is 3.41. The molecule has 3 rings (SSSR count). The monoisotopic (exact) mass is 306 g/mol. The third kappa shape index (κ3) is 2.87. The third-order valence-corrected chi connectivity index (χ3v) is 3.56. The van der Waals surface area contributed by atoms with Gasteiger partial charge in [0.05, 0.1) is 16.3 Å². The summed E-state index contributed by atoms with van der Waals surface area (Å²) < 4.78 is 0. The predicted molar refractivity (Wildman–Crippen MR) is 88.1 cm³/mol. The number of aromatic nitrogens is 2. The van der Waals surface area contributed by atoms with E-state index in [9.17, 15) is 10.1 Å². The van der Waals surface area contributed by atoms with Crippen LogP contribution < -0.4 is 0 Å². The zero-order valence-electron chi connectivity index (χ0n) is 12.5. The highest BCUT2D eigenvalue weighted by atomic mass is 16.6. The van der Waals surface area contributed by atoms with Crippen LogP contribution in [0.5, 0.6) is 0 Å². The molecular formula is C17H14N4O2. The molecule has 6 heteroatoms. The fourth-order valence-corrected chi connectivity index (χ4v) is 2.28. The highest BCUT2D eigenvalue weighted by molar-refractivity contribution is 5.82. The number of rotatable bonds is 3. The molecule has 0 radical (unpaired) electrons. The molecule has 0 N–H and O–H groups in total. The summed E-state index contributed by atoms with van der Waals surface area (Å²) in [5, 5.41) is 10.8. The number of benzene rings is 1. The average molecular weight is 306 g/mol. The molecule has 114 valence electrons. The van der Waals surface area contributed by atoms with Crippen molar-refractivity contribution < 1.29 is 4.92 Å². The van der Waals surface area contributed by atoms with Gasteiger partial charge in [-0.2, -0.15) is 0 Å². The zero-order chi connectivity index (χ0) is 16.4. The molecular weight excluding hydrogens is 292 g/mol. The van der Waals surface area contributed by atoms with Crippen molar-refractivity contribution in [3.8, 4) is 11.3 Å². The fraction of sp³-hybridized carbons (Fsp3) is 0.0588. The highest BCUT2D eigenvalue weighted by Gasteiger charge is 2.15. The maximum atomic E-state index is 10.8. The molecule has 0 saturated carbocycles. The van der Waals surface area contributed by atoms with Crippen LogP contribution in [0.1, 0.15) is 5.69 Å². The van der Waals surface area contributed by atoms with E-state index < -0.39 is 4.92 Å². The van der Waals surface area contributed by atoms with E-state index in [0.29, 0.717) is 5.69 Å². The van der Waals surface area contributed by atoms with E-state index >= 15 is 0 Å². The number of hydrogen-bond acceptors (Lipinski definition) is 5. The summed E-state index contributed by atoms with van der Waals surface area (Å²) in [5.74, 6) is 0. The SMILES string of the molecule is C=C1C=CC(c2nccnc2-c2ccc([N+](=O)[O-])cc2)=CN1C. The van der Waals surface area contributed by atoms with E-state index in [1.165, 1.54) is 12.1 Å². The molecule has 0 spiro atoms. The van der Waals surface area contributed by atoms with Crippen molar-refractivity contribution >= 4 is 11.3 Å². The highest BCUT2D eigenvalue weighted by Crippen LogP contribution is 2.29. The number of hydrogen-bond donors (Lipinski definition) is 0. The summed E-state index contributed by atoms with van der Waals surface area (Å²) in [6, 6.07) is 6.29. The first-order valence-electron chi connectivity index (χ1n) is 6.94. The van der Waals surface area contributed by atoms with Crippen LogP contribution in [0, 0.1) is 10.1 Å². The quantitative estimate of drug-likeness (QED) is 0.642. The minimum atomic E-state index is -0.422. The lowest BCUT2D eigenvalue weighted by atomic mass is 10.0. The average Bonchev–Trinajstić information content (AvgIpc) is 2.57. The Morgan fingerprint density at radius 3 is 2.35 bits per heavy atom. The van der Waals surface area contributed by atoms with Crippen molar-refractivity contribution in [1.82, 2.24) is 14.9 Å². The lowest BCUT2D eigenvalue weighted by Gasteiger charge is -2.20. The molecule has 1 aromatic carbocycles. The normalized spacial score (nSPS) is 13.9.